The van der Waals surface area contributed by atoms with Gasteiger partial charge in [0.1, 0.15) is 24.1 Å². The van der Waals surface area contributed by atoms with E-state index in [1.165, 1.54) is 11.3 Å². The average Bonchev–Trinajstić information content (AvgIpc) is 3.24. The number of fused-ring (bicyclic) bond motifs is 1. The summed E-state index contributed by atoms with van der Waals surface area (Å²) in [6.45, 7) is 2.20. The molecule has 0 saturated heterocycles. The van der Waals surface area contributed by atoms with Crippen molar-refractivity contribution >= 4 is 23.0 Å². The number of benzene rings is 2. The smallest absolute Gasteiger partial charge is 0.271 e. The van der Waals surface area contributed by atoms with Crippen LogP contribution in [0, 0.1) is 5.92 Å². The number of ketones is 1. The lowest BCUT2D eigenvalue weighted by atomic mass is 9.93. The van der Waals surface area contributed by atoms with Gasteiger partial charge in [0.2, 0.25) is 0 Å². The number of ether oxygens (including phenoxy) is 1. The van der Waals surface area contributed by atoms with Crippen LogP contribution in [0.5, 0.6) is 5.75 Å². The number of thiazole rings is 1. The molecule has 4 rings (SSSR count). The van der Waals surface area contributed by atoms with Crippen LogP contribution < -0.4 is 10.1 Å². The van der Waals surface area contributed by atoms with Gasteiger partial charge in [-0.3, -0.25) is 9.59 Å². The molecule has 0 spiro atoms. The first-order chi connectivity index (χ1) is 15.1. The van der Waals surface area contributed by atoms with E-state index in [-0.39, 0.29) is 24.2 Å². The molecule has 2 aromatic carbocycles. The van der Waals surface area contributed by atoms with Crippen molar-refractivity contribution in [2.24, 2.45) is 5.92 Å². The number of hydrogen-bond donors (Lipinski definition) is 1. The number of Topliss-reactive ketones (excluding diaryl/α,β-unsaturated/α-hetero) is 1. The van der Waals surface area contributed by atoms with Gasteiger partial charge in [0, 0.05) is 18.2 Å². The van der Waals surface area contributed by atoms with Crippen molar-refractivity contribution in [3.63, 3.8) is 0 Å². The van der Waals surface area contributed by atoms with E-state index in [0.29, 0.717) is 18.5 Å². The van der Waals surface area contributed by atoms with Gasteiger partial charge in [0.15, 0.2) is 5.78 Å². The van der Waals surface area contributed by atoms with Gasteiger partial charge in [-0.1, -0.05) is 55.5 Å². The van der Waals surface area contributed by atoms with Crippen LogP contribution in [0.3, 0.4) is 0 Å². The van der Waals surface area contributed by atoms with Crippen LogP contribution in [0.4, 0.5) is 0 Å². The minimum Gasteiger partial charge on any atom is -0.491 e. The van der Waals surface area contributed by atoms with Crippen LogP contribution in [0.15, 0.2) is 60.0 Å². The van der Waals surface area contributed by atoms with Crippen molar-refractivity contribution in [2.75, 3.05) is 6.61 Å². The van der Waals surface area contributed by atoms with Crippen molar-refractivity contribution in [3.05, 3.63) is 81.8 Å². The number of rotatable bonds is 4. The molecule has 1 unspecified atom stereocenters. The number of nitrogens with one attached hydrogen (secondary N) is 1. The highest BCUT2D eigenvalue weighted by molar-refractivity contribution is 7.09. The average molecular weight is 435 g/mol. The molecule has 2 heterocycles. The topological polar surface area (TPSA) is 68.3 Å². The van der Waals surface area contributed by atoms with Crippen molar-refractivity contribution in [1.82, 2.24) is 10.3 Å². The van der Waals surface area contributed by atoms with Crippen molar-refractivity contribution in [2.45, 2.75) is 38.6 Å². The van der Waals surface area contributed by atoms with Gasteiger partial charge in [0.25, 0.3) is 5.91 Å². The predicted octanol–water partition coefficient (Wildman–Crippen LogP) is 4.45. The monoisotopic (exact) mass is 434 g/mol. The molecule has 1 aliphatic heterocycles. The Bertz CT molecular complexity index is 1050. The second-order valence-corrected chi connectivity index (χ2v) is 8.99. The Labute approximate surface area is 186 Å². The number of carbonyl (C=O) groups is 2. The summed E-state index contributed by atoms with van der Waals surface area (Å²) in [5, 5.41) is 5.48. The molecule has 160 valence electrons. The molecule has 3 aromatic rings. The molecule has 6 heteroatoms. The Morgan fingerprint density at radius 3 is 2.77 bits per heavy atom. The third kappa shape index (κ3) is 5.58. The van der Waals surface area contributed by atoms with Crippen LogP contribution in [0.2, 0.25) is 0 Å². The fourth-order valence-corrected chi connectivity index (χ4v) is 4.54. The van der Waals surface area contributed by atoms with E-state index < -0.39 is 6.04 Å². The van der Waals surface area contributed by atoms with E-state index in [9.17, 15) is 9.59 Å². The molecular weight excluding hydrogens is 408 g/mol. The Kier molecular flexibility index (Phi) is 6.77. The summed E-state index contributed by atoms with van der Waals surface area (Å²) in [7, 11) is 0. The van der Waals surface area contributed by atoms with Crippen LogP contribution in [-0.4, -0.2) is 29.3 Å². The number of aromatic nitrogens is 1. The quantitative estimate of drug-likeness (QED) is 0.659. The van der Waals surface area contributed by atoms with E-state index in [4.69, 9.17) is 4.74 Å². The fraction of sp³-hybridized carbons (Fsp3) is 0.320. The van der Waals surface area contributed by atoms with Gasteiger partial charge in [-0.25, -0.2) is 4.98 Å². The second-order valence-electron chi connectivity index (χ2n) is 8.05. The Morgan fingerprint density at radius 2 is 1.94 bits per heavy atom. The lowest BCUT2D eigenvalue weighted by Gasteiger charge is -2.23. The van der Waals surface area contributed by atoms with Gasteiger partial charge in [-0.05, 0) is 36.0 Å². The summed E-state index contributed by atoms with van der Waals surface area (Å²) in [5.74, 6) is 0.688. The molecule has 1 aliphatic rings. The van der Waals surface area contributed by atoms with Gasteiger partial charge in [0.05, 0.1) is 5.01 Å². The van der Waals surface area contributed by atoms with E-state index in [2.05, 4.69) is 23.3 Å². The Hall–Kier alpha value is -2.99. The Morgan fingerprint density at radius 1 is 1.16 bits per heavy atom. The maximum Gasteiger partial charge on any atom is 0.271 e. The van der Waals surface area contributed by atoms with Crippen molar-refractivity contribution in [1.29, 1.82) is 0 Å². The van der Waals surface area contributed by atoms with Crippen LogP contribution in [-0.2, 0) is 17.6 Å². The summed E-state index contributed by atoms with van der Waals surface area (Å²) >= 11 is 1.45. The first-order valence-electron chi connectivity index (χ1n) is 10.6. The molecule has 2 atom stereocenters. The lowest BCUT2D eigenvalue weighted by Crippen LogP contribution is -2.45. The molecular formula is C25H26N2O3S. The standard InChI is InChI=1S/C25H26N2O3S/c1-17-11-12-19-9-5-6-10-23(19)30-15-20(22(28)13-17)27-25(29)21-16-31-24(26-21)14-18-7-3-2-4-8-18/h2-10,16-17,20H,11-15H2,1H3,(H,27,29)/t17?,20-/m0/s1. The third-order valence-electron chi connectivity index (χ3n) is 5.51. The molecule has 0 aliphatic carbocycles. The highest BCUT2D eigenvalue weighted by atomic mass is 32.1. The summed E-state index contributed by atoms with van der Waals surface area (Å²) < 4.78 is 5.95. The molecule has 0 bridgehead atoms. The number of nitrogens with zero attached hydrogens (tertiary/aromatic N) is 1. The largest absolute Gasteiger partial charge is 0.491 e. The molecule has 1 aromatic heterocycles. The van der Waals surface area contributed by atoms with Gasteiger partial charge < -0.3 is 10.1 Å². The summed E-state index contributed by atoms with van der Waals surface area (Å²) in [6, 6.07) is 17.2. The van der Waals surface area contributed by atoms with E-state index >= 15 is 0 Å². The number of amides is 1. The Balaban J connectivity index is 1.45. The molecule has 1 amide bonds. The third-order valence-corrected chi connectivity index (χ3v) is 6.36. The number of para-hydroxylation sites is 1. The van der Waals surface area contributed by atoms with Crippen LogP contribution in [0.25, 0.3) is 0 Å². The fourth-order valence-electron chi connectivity index (χ4n) is 3.73. The summed E-state index contributed by atoms with van der Waals surface area (Å²) in [6.07, 6.45) is 2.89. The van der Waals surface area contributed by atoms with Crippen LogP contribution >= 0.6 is 11.3 Å². The predicted molar refractivity (Wildman–Crippen MR) is 122 cm³/mol. The number of aryl methyl sites for hydroxylation is 1. The molecule has 0 radical (unpaired) electrons. The SMILES string of the molecule is CC1CCc2ccccc2OC[C@H](NC(=O)c2csc(Cc3ccccc3)n2)C(=O)C1. The summed E-state index contributed by atoms with van der Waals surface area (Å²) in [4.78, 5) is 30.2. The number of hydrogen-bond acceptors (Lipinski definition) is 5. The zero-order valence-electron chi connectivity index (χ0n) is 17.5. The minimum absolute atomic E-state index is 0.0000280. The molecule has 31 heavy (non-hydrogen) atoms. The maximum absolute atomic E-state index is 12.9. The molecule has 1 N–H and O–H groups in total. The molecule has 0 fully saturated rings. The van der Waals surface area contributed by atoms with Crippen molar-refractivity contribution < 1.29 is 14.3 Å². The van der Waals surface area contributed by atoms with Crippen LogP contribution in [0.1, 0.15) is 46.4 Å². The molecule has 0 saturated carbocycles. The second kappa shape index (κ2) is 9.88. The minimum atomic E-state index is -0.694. The summed E-state index contributed by atoms with van der Waals surface area (Å²) in [5.41, 5.74) is 2.63. The zero-order valence-corrected chi connectivity index (χ0v) is 18.4. The first-order valence-corrected chi connectivity index (χ1v) is 11.5. The van der Waals surface area contributed by atoms with Gasteiger partial charge >= 0.3 is 0 Å². The van der Waals surface area contributed by atoms with E-state index in [1.54, 1.807) is 5.38 Å². The highest BCUT2D eigenvalue weighted by Gasteiger charge is 2.26. The highest BCUT2D eigenvalue weighted by Crippen LogP contribution is 2.24. The normalized spacial score (nSPS) is 19.2. The first kappa shape index (κ1) is 21.2. The molecule has 5 nitrogen and oxygen atoms in total. The zero-order chi connectivity index (χ0) is 21.6. The van der Waals surface area contributed by atoms with Gasteiger partial charge in [-0.2, -0.15) is 0 Å². The number of carbonyl (C=O) groups excluding carboxylic acids is 2. The van der Waals surface area contributed by atoms with Gasteiger partial charge in [-0.15, -0.1) is 11.3 Å². The van der Waals surface area contributed by atoms with E-state index in [0.717, 1.165) is 34.7 Å². The van der Waals surface area contributed by atoms with E-state index in [1.807, 2.05) is 48.5 Å². The lowest BCUT2D eigenvalue weighted by molar-refractivity contribution is -0.122. The maximum atomic E-state index is 12.9. The van der Waals surface area contributed by atoms with Crippen molar-refractivity contribution in [3.8, 4) is 5.75 Å².